The molecular weight excluding hydrogens is 304 g/mol. The number of benzene rings is 1. The molecule has 1 amide bonds. The van der Waals surface area contributed by atoms with Crippen LogP contribution in [0.2, 0.25) is 0 Å². The highest BCUT2D eigenvalue weighted by Crippen LogP contribution is 2.56. The Morgan fingerprint density at radius 2 is 2.25 bits per heavy atom. The van der Waals surface area contributed by atoms with Crippen LogP contribution in [-0.4, -0.2) is 37.5 Å². The van der Waals surface area contributed by atoms with Crippen molar-refractivity contribution in [2.45, 2.75) is 43.7 Å². The van der Waals surface area contributed by atoms with Crippen molar-refractivity contribution in [3.8, 4) is 0 Å². The van der Waals surface area contributed by atoms with E-state index < -0.39 is 5.41 Å². The summed E-state index contributed by atoms with van der Waals surface area (Å²) >= 11 is 0. The summed E-state index contributed by atoms with van der Waals surface area (Å²) in [4.78, 5) is 23.9. The molecule has 1 aliphatic carbocycles. The molecule has 4 aliphatic heterocycles. The molecule has 1 spiro atoms. The molecule has 5 nitrogen and oxygen atoms in total. The zero-order valence-corrected chi connectivity index (χ0v) is 14.1. The van der Waals surface area contributed by atoms with Gasteiger partial charge in [-0.15, -0.1) is 0 Å². The van der Waals surface area contributed by atoms with Gasteiger partial charge in [0.1, 0.15) is 5.41 Å². The van der Waals surface area contributed by atoms with Gasteiger partial charge in [0.2, 0.25) is 0 Å². The van der Waals surface area contributed by atoms with Crippen LogP contribution in [0.5, 0.6) is 0 Å². The molecule has 6 rings (SSSR count). The summed E-state index contributed by atoms with van der Waals surface area (Å²) in [5.74, 6) is 0.930. The predicted molar refractivity (Wildman–Crippen MR) is 90.1 cm³/mol. The van der Waals surface area contributed by atoms with Crippen molar-refractivity contribution in [1.82, 2.24) is 0 Å². The van der Waals surface area contributed by atoms with Gasteiger partial charge in [-0.3, -0.25) is 14.6 Å². The lowest BCUT2D eigenvalue weighted by Gasteiger charge is -2.38. The molecule has 1 aromatic carbocycles. The third kappa shape index (κ3) is 1.57. The van der Waals surface area contributed by atoms with E-state index in [1.165, 1.54) is 10.8 Å². The number of hydrogen-bond donors (Lipinski definition) is 0. The van der Waals surface area contributed by atoms with Crippen LogP contribution in [0.3, 0.4) is 0 Å². The number of hydroxylamine groups is 1. The molecule has 0 N–H and O–H groups in total. The SMILES string of the molecule is CCC1=N[C@H]2C[C@@]3(C(=O)N(OC)c4ccccc43)[C@@H]3C[C@@H]1[C@H]2CO3. The Hall–Kier alpha value is -1.72. The lowest BCUT2D eigenvalue weighted by Crippen LogP contribution is -2.51. The second-order valence-electron chi connectivity index (χ2n) is 7.34. The predicted octanol–water partition coefficient (Wildman–Crippen LogP) is 2.49. The minimum absolute atomic E-state index is 0.0117. The molecule has 0 aromatic heterocycles. The average molecular weight is 326 g/mol. The quantitative estimate of drug-likeness (QED) is 0.839. The van der Waals surface area contributed by atoms with Crippen molar-refractivity contribution >= 4 is 17.3 Å². The highest BCUT2D eigenvalue weighted by atomic mass is 16.7. The number of nitrogens with zero attached hydrogens (tertiary/aromatic N) is 2. The van der Waals surface area contributed by atoms with E-state index in [0.717, 1.165) is 37.1 Å². The van der Waals surface area contributed by atoms with E-state index in [1.54, 1.807) is 7.11 Å². The summed E-state index contributed by atoms with van der Waals surface area (Å²) in [7, 11) is 1.56. The van der Waals surface area contributed by atoms with Crippen molar-refractivity contribution in [1.29, 1.82) is 0 Å². The zero-order chi connectivity index (χ0) is 16.5. The number of ether oxygens (including phenoxy) is 1. The fraction of sp³-hybridized carbons (Fsp3) is 0.579. The smallest absolute Gasteiger partial charge is 0.264 e. The van der Waals surface area contributed by atoms with Gasteiger partial charge in [0.05, 0.1) is 31.5 Å². The average Bonchev–Trinajstić information content (AvgIpc) is 2.96. The highest BCUT2D eigenvalue weighted by molar-refractivity contribution is 6.07. The van der Waals surface area contributed by atoms with E-state index in [-0.39, 0.29) is 18.1 Å². The van der Waals surface area contributed by atoms with Crippen LogP contribution in [0.25, 0.3) is 0 Å². The van der Waals surface area contributed by atoms with Gasteiger partial charge in [-0.25, -0.2) is 0 Å². The Bertz CT molecular complexity index is 746. The van der Waals surface area contributed by atoms with E-state index in [2.05, 4.69) is 13.0 Å². The number of para-hydroxylation sites is 1. The molecule has 2 saturated heterocycles. The first-order valence-corrected chi connectivity index (χ1v) is 8.87. The largest absolute Gasteiger partial charge is 0.376 e. The Morgan fingerprint density at radius 1 is 1.42 bits per heavy atom. The van der Waals surface area contributed by atoms with Crippen molar-refractivity contribution in [2.75, 3.05) is 18.8 Å². The second-order valence-corrected chi connectivity index (χ2v) is 7.34. The Morgan fingerprint density at radius 3 is 3.04 bits per heavy atom. The van der Waals surface area contributed by atoms with Crippen LogP contribution < -0.4 is 5.06 Å². The number of fused-ring (bicyclic) bond motifs is 2. The van der Waals surface area contributed by atoms with Crippen molar-refractivity contribution in [2.24, 2.45) is 16.8 Å². The number of hydrogen-bond acceptors (Lipinski definition) is 4. The number of aliphatic imine (C=N–C) groups is 1. The fourth-order valence-electron chi connectivity index (χ4n) is 5.46. The first kappa shape index (κ1) is 14.6. The van der Waals surface area contributed by atoms with Crippen LogP contribution in [0.1, 0.15) is 31.7 Å². The van der Waals surface area contributed by atoms with Crippen LogP contribution in [0.15, 0.2) is 29.3 Å². The van der Waals surface area contributed by atoms with Crippen LogP contribution in [-0.2, 0) is 19.8 Å². The van der Waals surface area contributed by atoms with Gasteiger partial charge < -0.3 is 4.74 Å². The Kier molecular flexibility index (Phi) is 2.98. The minimum Gasteiger partial charge on any atom is -0.376 e. The van der Waals surface area contributed by atoms with E-state index in [1.807, 2.05) is 18.2 Å². The maximum absolute atomic E-state index is 13.4. The monoisotopic (exact) mass is 326 g/mol. The maximum Gasteiger partial charge on any atom is 0.264 e. The third-order valence-corrected chi connectivity index (χ3v) is 6.52. The maximum atomic E-state index is 13.4. The van der Waals surface area contributed by atoms with Crippen LogP contribution in [0.4, 0.5) is 5.69 Å². The number of carbonyl (C=O) groups excluding carboxylic acids is 1. The molecule has 126 valence electrons. The lowest BCUT2D eigenvalue weighted by atomic mass is 9.71. The van der Waals surface area contributed by atoms with Gasteiger partial charge in [0, 0.05) is 17.5 Å². The van der Waals surface area contributed by atoms with E-state index in [9.17, 15) is 4.79 Å². The first-order chi connectivity index (χ1) is 11.7. The summed E-state index contributed by atoms with van der Waals surface area (Å²) < 4.78 is 6.26. The summed E-state index contributed by atoms with van der Waals surface area (Å²) in [6.45, 7) is 2.90. The molecule has 4 heterocycles. The number of anilines is 1. The topological polar surface area (TPSA) is 51.1 Å². The summed E-state index contributed by atoms with van der Waals surface area (Å²) in [5, 5.41) is 1.45. The molecule has 3 fully saturated rings. The van der Waals surface area contributed by atoms with Crippen molar-refractivity contribution in [3.63, 3.8) is 0 Å². The van der Waals surface area contributed by atoms with Crippen molar-refractivity contribution in [3.05, 3.63) is 29.8 Å². The lowest BCUT2D eigenvalue weighted by molar-refractivity contribution is -0.137. The molecular formula is C19H22N2O3. The standard InChI is InChI=1S/C19H22N2O3/c1-3-14-11-8-17-19(9-15(20-14)12(11)10-24-17)13-6-4-5-7-16(13)21(23-2)18(19)22/h4-7,11-12,15,17H,3,8-10H2,1-2H3/t11-,12-,15+,17+,19+/m1/s1. The van der Waals surface area contributed by atoms with Crippen LogP contribution >= 0.6 is 0 Å². The fourth-order valence-corrected chi connectivity index (χ4v) is 5.46. The summed E-state index contributed by atoms with van der Waals surface area (Å²) in [6, 6.07) is 8.16. The van der Waals surface area contributed by atoms with Gasteiger partial charge in [-0.1, -0.05) is 25.1 Å². The molecule has 1 aromatic rings. The molecule has 4 bridgehead atoms. The number of rotatable bonds is 2. The molecule has 24 heavy (non-hydrogen) atoms. The first-order valence-electron chi connectivity index (χ1n) is 8.87. The van der Waals surface area contributed by atoms with Gasteiger partial charge in [0.25, 0.3) is 5.91 Å². The number of amides is 1. The normalized spacial score (nSPS) is 39.3. The van der Waals surface area contributed by atoms with E-state index in [0.29, 0.717) is 11.8 Å². The molecule has 1 saturated carbocycles. The summed E-state index contributed by atoms with van der Waals surface area (Å²) in [5.41, 5.74) is 2.58. The van der Waals surface area contributed by atoms with Crippen molar-refractivity contribution < 1.29 is 14.4 Å². The van der Waals surface area contributed by atoms with Gasteiger partial charge >= 0.3 is 0 Å². The summed E-state index contributed by atoms with van der Waals surface area (Å²) in [6.07, 6.45) is 2.55. The van der Waals surface area contributed by atoms with Gasteiger partial charge in [0.15, 0.2) is 0 Å². The molecule has 5 atom stereocenters. The molecule has 5 heteroatoms. The number of carbonyl (C=O) groups is 1. The molecule has 5 aliphatic rings. The van der Waals surface area contributed by atoms with Gasteiger partial charge in [-0.05, 0) is 30.9 Å². The molecule has 0 radical (unpaired) electrons. The van der Waals surface area contributed by atoms with Crippen LogP contribution in [0, 0.1) is 11.8 Å². The second kappa shape index (κ2) is 4.90. The third-order valence-electron chi connectivity index (χ3n) is 6.52. The highest BCUT2D eigenvalue weighted by Gasteiger charge is 2.64. The van der Waals surface area contributed by atoms with E-state index >= 15 is 0 Å². The Balaban J connectivity index is 1.69. The zero-order valence-electron chi connectivity index (χ0n) is 14.1. The molecule has 0 unspecified atom stereocenters. The van der Waals surface area contributed by atoms with Gasteiger partial charge in [-0.2, -0.15) is 5.06 Å². The minimum atomic E-state index is -0.649. The van der Waals surface area contributed by atoms with E-state index in [4.69, 9.17) is 14.6 Å². The Labute approximate surface area is 141 Å².